The van der Waals surface area contributed by atoms with Gasteiger partial charge in [-0.05, 0) is 70.0 Å². The number of phenolic OH excluding ortho intramolecular Hbond substituents is 1. The Bertz CT molecular complexity index is 1770. The second-order valence-electron chi connectivity index (χ2n) is 12.6. The number of thiazole rings is 1. The largest absolute Gasteiger partial charge is 0.507 e. The van der Waals surface area contributed by atoms with Crippen LogP contribution in [0.25, 0.3) is 11.8 Å². The number of hydrogen-bond donors (Lipinski definition) is 1. The molecule has 2 aliphatic rings. The molecule has 1 aliphatic heterocycles. The fourth-order valence-corrected chi connectivity index (χ4v) is 7.60. The number of allylic oxidation sites excluding steroid dienone is 1. The quantitative estimate of drug-likeness (QED) is 0.301. The third-order valence-electron chi connectivity index (χ3n) is 7.73. The molecule has 0 bridgehead atoms. The number of rotatable bonds is 2. The fraction of sp³-hybridized carbons (Fsp3) is 0.333. The zero-order chi connectivity index (χ0) is 27.7. The van der Waals surface area contributed by atoms with Gasteiger partial charge in [0.05, 0.1) is 16.3 Å². The van der Waals surface area contributed by atoms with Crippen LogP contribution in [0.15, 0.2) is 69.3 Å². The van der Waals surface area contributed by atoms with Gasteiger partial charge in [-0.2, -0.15) is 0 Å². The third-order valence-corrected chi connectivity index (χ3v) is 9.64. The summed E-state index contributed by atoms with van der Waals surface area (Å²) in [5.41, 5.74) is 6.96. The van der Waals surface area contributed by atoms with Crippen LogP contribution in [0, 0.1) is 0 Å². The molecule has 4 nitrogen and oxygen atoms in total. The summed E-state index contributed by atoms with van der Waals surface area (Å²) < 4.78 is 2.57. The van der Waals surface area contributed by atoms with Gasteiger partial charge in [0.15, 0.2) is 4.80 Å². The summed E-state index contributed by atoms with van der Waals surface area (Å²) in [5.74, 6) is 0.345. The molecule has 1 aliphatic carbocycles. The number of aromatic nitrogens is 1. The third kappa shape index (κ3) is 4.44. The van der Waals surface area contributed by atoms with Crippen molar-refractivity contribution < 1.29 is 5.11 Å². The lowest BCUT2D eigenvalue weighted by Gasteiger charge is -2.30. The molecule has 6 heteroatoms. The van der Waals surface area contributed by atoms with Crippen molar-refractivity contribution in [3.63, 3.8) is 0 Å². The Morgan fingerprint density at radius 1 is 0.974 bits per heavy atom. The van der Waals surface area contributed by atoms with Crippen molar-refractivity contribution in [1.82, 2.24) is 4.57 Å². The maximum atomic E-state index is 14.1. The molecule has 0 radical (unpaired) electrons. The first-order valence-electron chi connectivity index (χ1n) is 13.5. The molecule has 1 unspecified atom stereocenters. The van der Waals surface area contributed by atoms with Gasteiger partial charge in [0, 0.05) is 21.6 Å². The highest BCUT2D eigenvalue weighted by Crippen LogP contribution is 2.43. The van der Waals surface area contributed by atoms with Crippen molar-refractivity contribution in [1.29, 1.82) is 0 Å². The summed E-state index contributed by atoms with van der Waals surface area (Å²) in [6.45, 7) is 12.6. The van der Waals surface area contributed by atoms with Gasteiger partial charge >= 0.3 is 0 Å². The summed E-state index contributed by atoms with van der Waals surface area (Å²) >= 11 is 3.15. The maximum Gasteiger partial charge on any atom is 0.271 e. The molecule has 6 rings (SSSR count). The Labute approximate surface area is 237 Å². The van der Waals surface area contributed by atoms with Crippen LogP contribution in [0.1, 0.15) is 86.7 Å². The van der Waals surface area contributed by atoms with Gasteiger partial charge in [0.2, 0.25) is 0 Å². The van der Waals surface area contributed by atoms with Crippen molar-refractivity contribution in [2.75, 3.05) is 0 Å². The molecule has 200 valence electrons. The van der Waals surface area contributed by atoms with Gasteiger partial charge in [0.1, 0.15) is 5.75 Å². The maximum absolute atomic E-state index is 14.1. The van der Waals surface area contributed by atoms with E-state index in [9.17, 15) is 9.90 Å². The monoisotopic (exact) mass is 554 g/mol. The van der Waals surface area contributed by atoms with Gasteiger partial charge in [-0.3, -0.25) is 9.36 Å². The Morgan fingerprint density at radius 3 is 2.31 bits per heavy atom. The molecule has 0 amide bonds. The molecule has 4 aromatic rings. The lowest BCUT2D eigenvalue weighted by Crippen LogP contribution is -2.38. The summed E-state index contributed by atoms with van der Waals surface area (Å²) in [5, 5.41) is 13.3. The van der Waals surface area contributed by atoms with E-state index >= 15 is 0 Å². The van der Waals surface area contributed by atoms with Crippen molar-refractivity contribution in [2.45, 2.75) is 71.3 Å². The first kappa shape index (κ1) is 26.0. The van der Waals surface area contributed by atoms with Crippen LogP contribution in [0.5, 0.6) is 5.75 Å². The number of aryl methyl sites for hydroxylation is 1. The Morgan fingerprint density at radius 2 is 1.67 bits per heavy atom. The predicted molar refractivity (Wildman–Crippen MR) is 163 cm³/mol. The van der Waals surface area contributed by atoms with Crippen molar-refractivity contribution >= 4 is 34.4 Å². The van der Waals surface area contributed by atoms with Crippen LogP contribution in [-0.4, -0.2) is 9.67 Å². The molecule has 2 aromatic carbocycles. The highest BCUT2D eigenvalue weighted by molar-refractivity contribution is 7.10. The second kappa shape index (κ2) is 9.17. The van der Waals surface area contributed by atoms with Crippen LogP contribution in [0.4, 0.5) is 0 Å². The fourth-order valence-electron chi connectivity index (χ4n) is 5.75. The molecular formula is C33H34N2O2S2. The van der Waals surface area contributed by atoms with E-state index in [4.69, 9.17) is 4.99 Å². The molecule has 0 saturated carbocycles. The van der Waals surface area contributed by atoms with E-state index in [1.807, 2.05) is 22.8 Å². The number of phenols is 1. The molecule has 3 heterocycles. The molecular weight excluding hydrogens is 521 g/mol. The summed E-state index contributed by atoms with van der Waals surface area (Å²) in [6.07, 6.45) is 3.83. The smallest absolute Gasteiger partial charge is 0.271 e. The normalized spacial score (nSPS) is 17.5. The van der Waals surface area contributed by atoms with Crippen LogP contribution in [0.3, 0.4) is 0 Å². The Hall–Kier alpha value is -3.22. The van der Waals surface area contributed by atoms with Crippen LogP contribution in [0.2, 0.25) is 0 Å². The van der Waals surface area contributed by atoms with Gasteiger partial charge in [0.25, 0.3) is 5.56 Å². The number of benzene rings is 2. The minimum absolute atomic E-state index is 0.00903. The average molecular weight is 555 g/mol. The van der Waals surface area contributed by atoms with E-state index in [1.165, 1.54) is 32.9 Å². The van der Waals surface area contributed by atoms with Crippen LogP contribution in [-0.2, 0) is 17.3 Å². The summed E-state index contributed by atoms with van der Waals surface area (Å²) in [7, 11) is 0. The second-order valence-corrected chi connectivity index (χ2v) is 14.6. The van der Waals surface area contributed by atoms with Crippen molar-refractivity contribution in [3.8, 4) is 5.75 Å². The highest BCUT2D eigenvalue weighted by Gasteiger charge is 2.33. The molecule has 0 fully saturated rings. The van der Waals surface area contributed by atoms with E-state index in [0.29, 0.717) is 10.3 Å². The lowest BCUT2D eigenvalue weighted by molar-refractivity contribution is 0.423. The van der Waals surface area contributed by atoms with Crippen molar-refractivity contribution in [3.05, 3.63) is 112 Å². The van der Waals surface area contributed by atoms with Crippen LogP contribution >= 0.6 is 22.7 Å². The first-order chi connectivity index (χ1) is 18.4. The van der Waals surface area contributed by atoms with Gasteiger partial charge < -0.3 is 5.11 Å². The number of hydrogen-bond acceptors (Lipinski definition) is 5. The van der Waals surface area contributed by atoms with Gasteiger partial charge in [-0.25, -0.2) is 4.99 Å². The minimum Gasteiger partial charge on any atom is -0.507 e. The molecule has 0 spiro atoms. The van der Waals surface area contributed by atoms with E-state index < -0.39 is 0 Å². The van der Waals surface area contributed by atoms with Crippen molar-refractivity contribution in [2.24, 2.45) is 4.99 Å². The van der Waals surface area contributed by atoms with Gasteiger partial charge in [-0.1, -0.05) is 83.2 Å². The number of thiophene rings is 1. The first-order valence-corrected chi connectivity index (χ1v) is 15.2. The van der Waals surface area contributed by atoms with E-state index in [-0.39, 0.29) is 22.4 Å². The Kier molecular flexibility index (Phi) is 6.12. The molecule has 1 atom stereocenters. The summed E-state index contributed by atoms with van der Waals surface area (Å²) in [6, 6.07) is 16.6. The predicted octanol–water partition coefficient (Wildman–Crippen LogP) is 6.68. The average Bonchev–Trinajstić information content (AvgIpc) is 3.51. The standard InChI is InChI=1S/C33H34N2O2S2/c1-32(2,3)23-16-19(17-24(29(23)36)33(4,5)6)18-26-30(37)35-28(25-12-9-15-38-25)22-14-13-20-10-7-8-11-21(20)27(22)34-31(35)39-26/h7-12,15-18,28,36H,13-14H2,1-6H3/b26-18-. The highest BCUT2D eigenvalue weighted by atomic mass is 32.1. The number of aromatic hydroxyl groups is 1. The SMILES string of the molecule is CC(C)(C)c1cc(/C=c2\sc3n(c2=O)C(c2cccs2)C2=C(N=3)c3ccccc3CC2)cc(C(C)(C)C)c1O. The molecule has 1 N–H and O–H groups in total. The molecule has 0 saturated heterocycles. The summed E-state index contributed by atoms with van der Waals surface area (Å²) in [4.78, 5) is 21.1. The van der Waals surface area contributed by atoms with Crippen LogP contribution < -0.4 is 14.9 Å². The lowest BCUT2D eigenvalue weighted by atomic mass is 9.78. The minimum atomic E-state index is -0.242. The van der Waals surface area contributed by atoms with E-state index in [1.54, 1.807) is 11.3 Å². The van der Waals surface area contributed by atoms with E-state index in [0.717, 1.165) is 40.0 Å². The number of fused-ring (bicyclic) bond motifs is 3. The molecule has 2 aromatic heterocycles. The zero-order valence-electron chi connectivity index (χ0n) is 23.3. The zero-order valence-corrected chi connectivity index (χ0v) is 25.0. The Balaban J connectivity index is 1.60. The van der Waals surface area contributed by atoms with Gasteiger partial charge in [-0.15, -0.1) is 11.3 Å². The molecule has 39 heavy (non-hydrogen) atoms. The van der Waals surface area contributed by atoms with E-state index in [2.05, 4.69) is 83.3 Å². The number of nitrogens with zero attached hydrogens (tertiary/aromatic N) is 2. The topological polar surface area (TPSA) is 54.6 Å².